The standard InChI is InChI=1S/C16H11ClFNO/c17-11-6-7-12(18)15(16(11)19)14-10-4-2-1-3-9(10)5-8-13(14)20/h1-8,20H,19H2. The molecule has 100 valence electrons. The molecule has 0 atom stereocenters. The van der Waals surface area contributed by atoms with E-state index in [1.807, 2.05) is 24.3 Å². The Labute approximate surface area is 120 Å². The molecule has 0 unspecified atom stereocenters. The van der Waals surface area contributed by atoms with Crippen molar-refractivity contribution >= 4 is 28.1 Å². The molecule has 0 aliphatic rings. The van der Waals surface area contributed by atoms with Gasteiger partial charge in [0.1, 0.15) is 11.6 Å². The second-order valence-electron chi connectivity index (χ2n) is 4.50. The molecule has 0 bridgehead atoms. The minimum absolute atomic E-state index is 0.0310. The zero-order valence-electron chi connectivity index (χ0n) is 10.4. The molecular weight excluding hydrogens is 277 g/mol. The van der Waals surface area contributed by atoms with E-state index in [-0.39, 0.29) is 22.0 Å². The normalized spacial score (nSPS) is 10.9. The Morgan fingerprint density at radius 3 is 2.50 bits per heavy atom. The maximum absolute atomic E-state index is 14.2. The molecular formula is C16H11ClFNO. The second-order valence-corrected chi connectivity index (χ2v) is 4.91. The Kier molecular flexibility index (Phi) is 2.99. The van der Waals surface area contributed by atoms with E-state index < -0.39 is 5.82 Å². The van der Waals surface area contributed by atoms with Crippen LogP contribution < -0.4 is 5.73 Å². The van der Waals surface area contributed by atoms with Gasteiger partial charge in [-0.3, -0.25) is 0 Å². The molecule has 0 spiro atoms. The van der Waals surface area contributed by atoms with Crippen molar-refractivity contribution in [1.82, 2.24) is 0 Å². The molecule has 0 aliphatic carbocycles. The molecule has 0 radical (unpaired) electrons. The van der Waals surface area contributed by atoms with Gasteiger partial charge in [-0.15, -0.1) is 0 Å². The first-order chi connectivity index (χ1) is 9.59. The number of halogens is 2. The van der Waals surface area contributed by atoms with Crippen LogP contribution in [0.25, 0.3) is 21.9 Å². The first-order valence-corrected chi connectivity index (χ1v) is 6.42. The highest BCUT2D eigenvalue weighted by atomic mass is 35.5. The van der Waals surface area contributed by atoms with Gasteiger partial charge in [0.25, 0.3) is 0 Å². The average Bonchev–Trinajstić information content (AvgIpc) is 2.45. The lowest BCUT2D eigenvalue weighted by Gasteiger charge is -2.13. The summed E-state index contributed by atoms with van der Waals surface area (Å²) in [7, 11) is 0. The Morgan fingerprint density at radius 1 is 0.950 bits per heavy atom. The van der Waals surface area contributed by atoms with Gasteiger partial charge in [0, 0.05) is 11.1 Å². The van der Waals surface area contributed by atoms with Gasteiger partial charge in [-0.25, -0.2) is 4.39 Å². The molecule has 3 aromatic rings. The first kappa shape index (κ1) is 12.8. The largest absolute Gasteiger partial charge is 0.507 e. The third kappa shape index (κ3) is 1.87. The van der Waals surface area contributed by atoms with E-state index in [1.54, 1.807) is 6.07 Å². The number of rotatable bonds is 1. The molecule has 0 saturated carbocycles. The molecule has 0 fully saturated rings. The number of hydrogen-bond donors (Lipinski definition) is 2. The summed E-state index contributed by atoms with van der Waals surface area (Å²) in [6.07, 6.45) is 0. The van der Waals surface area contributed by atoms with Crippen molar-refractivity contribution in [3.8, 4) is 16.9 Å². The molecule has 3 aromatic carbocycles. The molecule has 3 rings (SSSR count). The minimum atomic E-state index is -0.515. The van der Waals surface area contributed by atoms with Crippen LogP contribution in [-0.2, 0) is 0 Å². The smallest absolute Gasteiger partial charge is 0.133 e. The molecule has 0 amide bonds. The van der Waals surface area contributed by atoms with Gasteiger partial charge in [0.05, 0.1) is 10.7 Å². The molecule has 0 heterocycles. The number of benzene rings is 3. The second kappa shape index (κ2) is 4.69. The van der Waals surface area contributed by atoms with Crippen molar-refractivity contribution in [1.29, 1.82) is 0 Å². The van der Waals surface area contributed by atoms with E-state index in [1.165, 1.54) is 18.2 Å². The highest BCUT2D eigenvalue weighted by molar-refractivity contribution is 6.34. The van der Waals surface area contributed by atoms with Crippen LogP contribution in [0.2, 0.25) is 5.02 Å². The van der Waals surface area contributed by atoms with Crippen LogP contribution in [0.3, 0.4) is 0 Å². The number of phenolic OH excluding ortho intramolecular Hbond substituents is 1. The molecule has 3 N–H and O–H groups in total. The van der Waals surface area contributed by atoms with Gasteiger partial charge in [0.15, 0.2) is 0 Å². The summed E-state index contributed by atoms with van der Waals surface area (Å²) in [6.45, 7) is 0. The molecule has 20 heavy (non-hydrogen) atoms. The molecule has 4 heteroatoms. The van der Waals surface area contributed by atoms with E-state index in [2.05, 4.69) is 0 Å². The fourth-order valence-electron chi connectivity index (χ4n) is 2.34. The maximum atomic E-state index is 14.2. The highest BCUT2D eigenvalue weighted by Crippen LogP contribution is 2.42. The Bertz CT molecular complexity index is 817. The van der Waals surface area contributed by atoms with Gasteiger partial charge >= 0.3 is 0 Å². The zero-order chi connectivity index (χ0) is 14.3. The van der Waals surface area contributed by atoms with Crippen LogP contribution in [0.1, 0.15) is 0 Å². The fourth-order valence-corrected chi connectivity index (χ4v) is 2.50. The van der Waals surface area contributed by atoms with E-state index in [0.29, 0.717) is 5.56 Å². The maximum Gasteiger partial charge on any atom is 0.133 e. The van der Waals surface area contributed by atoms with E-state index in [9.17, 15) is 9.50 Å². The van der Waals surface area contributed by atoms with Crippen molar-refractivity contribution in [2.75, 3.05) is 5.73 Å². The van der Waals surface area contributed by atoms with Crippen LogP contribution in [0, 0.1) is 5.82 Å². The number of hydrogen-bond acceptors (Lipinski definition) is 2. The predicted octanol–water partition coefficient (Wildman–Crippen LogP) is 4.59. The lowest BCUT2D eigenvalue weighted by Crippen LogP contribution is -1.96. The third-order valence-corrected chi connectivity index (χ3v) is 3.63. The lowest BCUT2D eigenvalue weighted by atomic mass is 9.95. The molecule has 2 nitrogen and oxygen atoms in total. The van der Waals surface area contributed by atoms with Gasteiger partial charge in [-0.05, 0) is 29.0 Å². The van der Waals surface area contributed by atoms with Crippen molar-refractivity contribution in [3.05, 3.63) is 59.4 Å². The number of phenols is 1. The SMILES string of the molecule is Nc1c(Cl)ccc(F)c1-c1c(O)ccc2ccccc12. The Balaban J connectivity index is 2.47. The molecule has 0 aromatic heterocycles. The van der Waals surface area contributed by atoms with Gasteiger partial charge in [-0.1, -0.05) is 41.9 Å². The highest BCUT2D eigenvalue weighted by Gasteiger charge is 2.18. The fraction of sp³-hybridized carbons (Fsp3) is 0. The minimum Gasteiger partial charge on any atom is -0.507 e. The van der Waals surface area contributed by atoms with Crippen LogP contribution in [0.4, 0.5) is 10.1 Å². The summed E-state index contributed by atoms with van der Waals surface area (Å²) in [6, 6.07) is 13.3. The van der Waals surface area contributed by atoms with Crippen LogP contribution >= 0.6 is 11.6 Å². The molecule has 0 aliphatic heterocycles. The van der Waals surface area contributed by atoms with Crippen molar-refractivity contribution < 1.29 is 9.50 Å². The predicted molar refractivity (Wildman–Crippen MR) is 80.4 cm³/mol. The van der Waals surface area contributed by atoms with Crippen molar-refractivity contribution in [2.24, 2.45) is 0 Å². The van der Waals surface area contributed by atoms with Crippen LogP contribution in [0.5, 0.6) is 5.75 Å². The van der Waals surface area contributed by atoms with Crippen molar-refractivity contribution in [3.63, 3.8) is 0 Å². The number of fused-ring (bicyclic) bond motifs is 1. The Morgan fingerprint density at radius 2 is 1.70 bits per heavy atom. The van der Waals surface area contributed by atoms with Gasteiger partial charge < -0.3 is 10.8 Å². The van der Waals surface area contributed by atoms with Crippen molar-refractivity contribution in [2.45, 2.75) is 0 Å². The van der Waals surface area contributed by atoms with E-state index >= 15 is 0 Å². The number of nitrogen functional groups attached to an aromatic ring is 1. The average molecular weight is 288 g/mol. The lowest BCUT2D eigenvalue weighted by molar-refractivity contribution is 0.477. The topological polar surface area (TPSA) is 46.2 Å². The zero-order valence-corrected chi connectivity index (χ0v) is 11.2. The summed E-state index contributed by atoms with van der Waals surface area (Å²) >= 11 is 5.97. The first-order valence-electron chi connectivity index (χ1n) is 6.04. The summed E-state index contributed by atoms with van der Waals surface area (Å²) in [5, 5.41) is 12.0. The number of anilines is 1. The summed E-state index contributed by atoms with van der Waals surface area (Å²) in [5.41, 5.74) is 6.51. The third-order valence-electron chi connectivity index (χ3n) is 3.30. The van der Waals surface area contributed by atoms with Gasteiger partial charge in [-0.2, -0.15) is 0 Å². The Hall–Kier alpha value is -2.26. The number of nitrogens with two attached hydrogens (primary N) is 1. The number of aromatic hydroxyl groups is 1. The quantitative estimate of drug-likeness (QED) is 0.643. The monoisotopic (exact) mass is 287 g/mol. The summed E-state index contributed by atoms with van der Waals surface area (Å²) in [4.78, 5) is 0. The van der Waals surface area contributed by atoms with E-state index in [0.717, 1.165) is 10.8 Å². The van der Waals surface area contributed by atoms with Crippen LogP contribution in [-0.4, -0.2) is 5.11 Å². The summed E-state index contributed by atoms with van der Waals surface area (Å²) in [5.74, 6) is -0.546. The van der Waals surface area contributed by atoms with Gasteiger partial charge in [0.2, 0.25) is 0 Å². The summed E-state index contributed by atoms with van der Waals surface area (Å²) < 4.78 is 14.2. The van der Waals surface area contributed by atoms with Crippen LogP contribution in [0.15, 0.2) is 48.5 Å². The molecule has 0 saturated heterocycles. The van der Waals surface area contributed by atoms with E-state index in [4.69, 9.17) is 17.3 Å².